The highest BCUT2D eigenvalue weighted by Crippen LogP contribution is 2.22. The molecule has 1 amide bonds. The molecule has 1 aromatic heterocycles. The van der Waals surface area contributed by atoms with Crippen LogP contribution < -0.4 is 0 Å². The van der Waals surface area contributed by atoms with Crippen molar-refractivity contribution in [3.63, 3.8) is 0 Å². The van der Waals surface area contributed by atoms with E-state index in [4.69, 9.17) is 4.74 Å². The van der Waals surface area contributed by atoms with E-state index >= 15 is 0 Å². The lowest BCUT2D eigenvalue weighted by molar-refractivity contribution is 0.00211. The number of piperidine rings is 1. The molecule has 0 spiro atoms. The maximum absolute atomic E-state index is 13.0. The molecule has 0 saturated carbocycles. The topological polar surface area (TPSA) is 60.2 Å². The Morgan fingerprint density at radius 1 is 1.38 bits per heavy atom. The monoisotopic (exact) mass is 356 g/mol. The van der Waals surface area contributed by atoms with Crippen molar-refractivity contribution >= 4 is 5.91 Å². The molecule has 1 aromatic carbocycles. The molecule has 0 radical (unpaired) electrons. The quantitative estimate of drug-likeness (QED) is 0.794. The third kappa shape index (κ3) is 4.12. The minimum atomic E-state index is 0.0623. The minimum absolute atomic E-state index is 0.0623. The van der Waals surface area contributed by atoms with E-state index in [1.807, 2.05) is 33.8 Å². The maximum Gasteiger partial charge on any atom is 0.253 e. The molecule has 2 aromatic rings. The van der Waals surface area contributed by atoms with Crippen molar-refractivity contribution in [2.24, 2.45) is 0 Å². The summed E-state index contributed by atoms with van der Waals surface area (Å²) in [7, 11) is 0. The number of likely N-dealkylation sites (tertiary alicyclic amines) is 1. The number of aromatic nitrogens is 3. The van der Waals surface area contributed by atoms with Crippen LogP contribution in [0.1, 0.15) is 56.4 Å². The minimum Gasteiger partial charge on any atom is -0.376 e. The Labute approximate surface area is 155 Å². The molecular formula is C20H28N4O2. The third-order valence-corrected chi connectivity index (χ3v) is 4.65. The van der Waals surface area contributed by atoms with Gasteiger partial charge in [0, 0.05) is 36.9 Å². The molecule has 1 fully saturated rings. The predicted molar refractivity (Wildman–Crippen MR) is 101 cm³/mol. The Morgan fingerprint density at radius 2 is 2.23 bits per heavy atom. The lowest BCUT2D eigenvalue weighted by Crippen LogP contribution is -2.43. The van der Waals surface area contributed by atoms with Crippen LogP contribution in [0.5, 0.6) is 0 Å². The second-order valence-corrected chi connectivity index (χ2v) is 7.09. The van der Waals surface area contributed by atoms with Crippen LogP contribution in [0.25, 0.3) is 11.4 Å². The number of benzene rings is 1. The molecule has 3 rings (SSSR count). The smallest absolute Gasteiger partial charge is 0.253 e. The fourth-order valence-electron chi connectivity index (χ4n) is 3.35. The predicted octanol–water partition coefficient (Wildman–Crippen LogP) is 3.56. The summed E-state index contributed by atoms with van der Waals surface area (Å²) in [5.74, 6) is 0.852. The molecule has 6 heteroatoms. The van der Waals surface area contributed by atoms with Gasteiger partial charge in [0.05, 0.1) is 6.10 Å². The van der Waals surface area contributed by atoms with Gasteiger partial charge < -0.3 is 9.64 Å². The molecule has 140 valence electrons. The molecule has 0 N–H and O–H groups in total. The summed E-state index contributed by atoms with van der Waals surface area (Å²) < 4.78 is 7.73. The van der Waals surface area contributed by atoms with Gasteiger partial charge in [-0.25, -0.2) is 9.67 Å². The van der Waals surface area contributed by atoms with E-state index in [2.05, 4.69) is 30.9 Å². The van der Waals surface area contributed by atoms with E-state index < -0.39 is 0 Å². The largest absolute Gasteiger partial charge is 0.376 e. The fraction of sp³-hybridized carbons (Fsp3) is 0.550. The van der Waals surface area contributed by atoms with Crippen molar-refractivity contribution in [1.29, 1.82) is 0 Å². The highest BCUT2D eigenvalue weighted by Gasteiger charge is 2.25. The molecule has 0 aliphatic carbocycles. The second kappa shape index (κ2) is 8.45. The zero-order valence-corrected chi connectivity index (χ0v) is 15.9. The van der Waals surface area contributed by atoms with Gasteiger partial charge in [-0.05, 0) is 45.2 Å². The summed E-state index contributed by atoms with van der Waals surface area (Å²) in [4.78, 5) is 19.3. The summed E-state index contributed by atoms with van der Waals surface area (Å²) in [5, 5.41) is 4.29. The Morgan fingerprint density at radius 3 is 3.00 bits per heavy atom. The first kappa shape index (κ1) is 18.6. The number of carbonyl (C=O) groups is 1. The van der Waals surface area contributed by atoms with E-state index in [1.165, 1.54) is 0 Å². The number of ether oxygens (including phenoxy) is 1. The van der Waals surface area contributed by atoms with Crippen LogP contribution in [-0.2, 0) is 4.74 Å². The summed E-state index contributed by atoms with van der Waals surface area (Å²) in [6.45, 7) is 8.46. The van der Waals surface area contributed by atoms with Gasteiger partial charge in [0.25, 0.3) is 5.91 Å². The lowest BCUT2D eigenvalue weighted by atomic mass is 10.0. The highest BCUT2D eigenvalue weighted by molar-refractivity contribution is 5.95. The Kier molecular flexibility index (Phi) is 6.04. The van der Waals surface area contributed by atoms with Crippen LogP contribution >= 0.6 is 0 Å². The number of hydrogen-bond donors (Lipinski definition) is 0. The summed E-state index contributed by atoms with van der Waals surface area (Å²) in [6, 6.07) is 7.89. The van der Waals surface area contributed by atoms with Crippen molar-refractivity contribution in [3.8, 4) is 11.4 Å². The molecule has 1 aliphatic heterocycles. The lowest BCUT2D eigenvalue weighted by Gasteiger charge is -2.32. The van der Waals surface area contributed by atoms with E-state index in [0.29, 0.717) is 12.1 Å². The van der Waals surface area contributed by atoms with Gasteiger partial charge >= 0.3 is 0 Å². The summed E-state index contributed by atoms with van der Waals surface area (Å²) in [6.07, 6.45) is 4.73. The molecule has 1 unspecified atom stereocenters. The fourth-order valence-corrected chi connectivity index (χ4v) is 3.35. The average Bonchev–Trinajstić information content (AvgIpc) is 3.16. The number of hydrogen-bond acceptors (Lipinski definition) is 4. The normalized spacial score (nSPS) is 17.7. The van der Waals surface area contributed by atoms with Gasteiger partial charge in [-0.3, -0.25) is 4.79 Å². The van der Waals surface area contributed by atoms with Gasteiger partial charge in [-0.1, -0.05) is 19.1 Å². The van der Waals surface area contributed by atoms with Crippen LogP contribution in [0, 0.1) is 0 Å². The molecule has 26 heavy (non-hydrogen) atoms. The first-order valence-corrected chi connectivity index (χ1v) is 9.51. The maximum atomic E-state index is 13.0. The van der Waals surface area contributed by atoms with Crippen LogP contribution in [0.3, 0.4) is 0 Å². The highest BCUT2D eigenvalue weighted by atomic mass is 16.5. The molecule has 1 aliphatic rings. The van der Waals surface area contributed by atoms with Crippen LogP contribution in [0.4, 0.5) is 0 Å². The van der Waals surface area contributed by atoms with Crippen LogP contribution in [0.15, 0.2) is 30.6 Å². The van der Waals surface area contributed by atoms with Crippen LogP contribution in [0.2, 0.25) is 0 Å². The third-order valence-electron chi connectivity index (χ3n) is 4.65. The zero-order chi connectivity index (χ0) is 18.5. The molecule has 1 atom stereocenters. The Bertz CT molecular complexity index is 741. The summed E-state index contributed by atoms with van der Waals surface area (Å²) >= 11 is 0. The average molecular weight is 356 g/mol. The van der Waals surface area contributed by atoms with Crippen LogP contribution in [-0.4, -0.2) is 51.4 Å². The molecule has 2 heterocycles. The van der Waals surface area contributed by atoms with Crippen molar-refractivity contribution in [2.75, 3.05) is 19.7 Å². The van der Waals surface area contributed by atoms with E-state index in [9.17, 15) is 4.79 Å². The first-order chi connectivity index (χ1) is 12.6. The second-order valence-electron chi connectivity index (χ2n) is 7.09. The molecular weight excluding hydrogens is 328 g/mol. The number of nitrogens with zero attached hydrogens (tertiary/aromatic N) is 4. The molecule has 6 nitrogen and oxygen atoms in total. The molecule has 1 saturated heterocycles. The van der Waals surface area contributed by atoms with Gasteiger partial charge in [0.15, 0.2) is 5.82 Å². The van der Waals surface area contributed by atoms with Gasteiger partial charge in [0.2, 0.25) is 0 Å². The van der Waals surface area contributed by atoms with E-state index in [1.54, 1.807) is 6.33 Å². The van der Waals surface area contributed by atoms with Crippen molar-refractivity contribution < 1.29 is 9.53 Å². The number of carbonyl (C=O) groups excluding carboxylic acids is 1. The van der Waals surface area contributed by atoms with Gasteiger partial charge in [-0.15, -0.1) is 0 Å². The van der Waals surface area contributed by atoms with Crippen molar-refractivity contribution in [3.05, 3.63) is 36.2 Å². The van der Waals surface area contributed by atoms with E-state index in [0.717, 1.165) is 43.8 Å². The Balaban J connectivity index is 1.77. The number of rotatable bonds is 6. The Hall–Kier alpha value is -2.21. The zero-order valence-electron chi connectivity index (χ0n) is 15.9. The van der Waals surface area contributed by atoms with Gasteiger partial charge in [0.1, 0.15) is 6.33 Å². The molecule has 0 bridgehead atoms. The van der Waals surface area contributed by atoms with Crippen molar-refractivity contribution in [1.82, 2.24) is 19.7 Å². The number of amides is 1. The van der Waals surface area contributed by atoms with Crippen molar-refractivity contribution in [2.45, 2.75) is 52.2 Å². The SMILES string of the molecule is CCCOC1CCCN(C(=O)c2cccc(-c3ncnn3C(C)C)c2)C1. The van der Waals surface area contributed by atoms with E-state index in [-0.39, 0.29) is 18.1 Å². The summed E-state index contributed by atoms with van der Waals surface area (Å²) in [5.41, 5.74) is 1.61. The standard InChI is InChI=1S/C20H28N4O2/c1-4-11-26-18-9-6-10-23(13-18)20(25)17-8-5-7-16(12-17)19-21-14-22-24(19)15(2)3/h5,7-8,12,14-15,18H,4,6,9-11,13H2,1-3H3. The first-order valence-electron chi connectivity index (χ1n) is 9.51. The van der Waals surface area contributed by atoms with Gasteiger partial charge in [-0.2, -0.15) is 5.10 Å².